The first-order valence-corrected chi connectivity index (χ1v) is 8.04. The molecule has 2 atom stereocenters. The van der Waals surface area contributed by atoms with E-state index < -0.39 is 17.7 Å². The number of nitrogens with one attached hydrogen (secondary N) is 1. The summed E-state index contributed by atoms with van der Waals surface area (Å²) in [5.41, 5.74) is 2.58. The molecule has 0 bridgehead atoms. The van der Waals surface area contributed by atoms with Crippen LogP contribution < -0.4 is 10.2 Å². The zero-order chi connectivity index (χ0) is 17.3. The lowest BCUT2D eigenvalue weighted by Crippen LogP contribution is -2.41. The predicted molar refractivity (Wildman–Crippen MR) is 89.9 cm³/mol. The first kappa shape index (κ1) is 16.4. The van der Waals surface area contributed by atoms with E-state index in [1.165, 1.54) is 17.7 Å². The van der Waals surface area contributed by atoms with Gasteiger partial charge in [-0.2, -0.15) is 0 Å². The van der Waals surface area contributed by atoms with Gasteiger partial charge in [-0.1, -0.05) is 24.3 Å². The minimum atomic E-state index is -0.650. The highest BCUT2D eigenvalue weighted by Crippen LogP contribution is 2.31. The van der Waals surface area contributed by atoms with Gasteiger partial charge in [0.2, 0.25) is 5.91 Å². The van der Waals surface area contributed by atoms with Gasteiger partial charge in [-0.15, -0.1) is 0 Å². The molecule has 0 saturated heterocycles. The molecule has 1 aliphatic heterocycles. The van der Waals surface area contributed by atoms with Crippen molar-refractivity contribution in [3.8, 4) is 0 Å². The number of fused-ring (bicyclic) bond motifs is 1. The van der Waals surface area contributed by atoms with E-state index in [9.17, 15) is 13.6 Å². The Bertz CT molecular complexity index is 763. The van der Waals surface area contributed by atoms with Gasteiger partial charge in [0.15, 0.2) is 0 Å². The summed E-state index contributed by atoms with van der Waals surface area (Å²) in [5, 5.41) is 2.79. The predicted octanol–water partition coefficient (Wildman–Crippen LogP) is 3.59. The number of carbonyl (C=O) groups excluding carboxylic acids is 1. The Hall–Kier alpha value is -2.43. The van der Waals surface area contributed by atoms with Gasteiger partial charge in [0, 0.05) is 23.4 Å². The fourth-order valence-corrected chi connectivity index (χ4v) is 3.24. The Morgan fingerprint density at radius 2 is 2.04 bits per heavy atom. The second kappa shape index (κ2) is 6.59. The minimum Gasteiger partial charge on any atom is -0.359 e. The summed E-state index contributed by atoms with van der Waals surface area (Å²) in [6.45, 7) is 3.98. The molecule has 126 valence electrons. The number of anilines is 1. The number of para-hydroxylation sites is 1. The van der Waals surface area contributed by atoms with Gasteiger partial charge in [-0.05, 0) is 38.0 Å². The Morgan fingerprint density at radius 3 is 2.79 bits per heavy atom. The van der Waals surface area contributed by atoms with E-state index in [4.69, 9.17) is 0 Å². The smallest absolute Gasteiger partial charge is 0.240 e. The van der Waals surface area contributed by atoms with Crippen LogP contribution >= 0.6 is 0 Å². The fraction of sp³-hybridized carbons (Fsp3) is 0.316. The Morgan fingerprint density at radius 1 is 1.29 bits per heavy atom. The molecular formula is C19H20F2N2O. The summed E-state index contributed by atoms with van der Waals surface area (Å²) in [6, 6.07) is 11.1. The number of hydrogen-bond donors (Lipinski definition) is 1. The van der Waals surface area contributed by atoms with Crippen molar-refractivity contribution >= 4 is 11.6 Å². The standard InChI is InChI=1S/C19H20F2N2O/c1-12-9-14-5-3-4-6-18(14)23(12)11-19(24)22-13(2)16-8-7-15(20)10-17(16)21/h3-8,10,12-13H,9,11H2,1-2H3,(H,22,24). The van der Waals surface area contributed by atoms with E-state index in [-0.39, 0.29) is 24.1 Å². The maximum atomic E-state index is 13.8. The van der Waals surface area contributed by atoms with Crippen molar-refractivity contribution in [1.82, 2.24) is 5.32 Å². The third-order valence-corrected chi connectivity index (χ3v) is 4.47. The quantitative estimate of drug-likeness (QED) is 0.929. The number of nitrogens with zero attached hydrogens (tertiary/aromatic N) is 1. The summed E-state index contributed by atoms with van der Waals surface area (Å²) in [5.74, 6) is -1.46. The Balaban J connectivity index is 1.67. The monoisotopic (exact) mass is 330 g/mol. The molecule has 2 aromatic carbocycles. The molecule has 0 spiro atoms. The van der Waals surface area contributed by atoms with Crippen LogP contribution in [0.4, 0.5) is 14.5 Å². The van der Waals surface area contributed by atoms with Gasteiger partial charge in [0.05, 0.1) is 12.6 Å². The van der Waals surface area contributed by atoms with Crippen molar-refractivity contribution in [1.29, 1.82) is 0 Å². The first-order valence-electron chi connectivity index (χ1n) is 8.04. The molecular weight excluding hydrogens is 310 g/mol. The van der Waals surface area contributed by atoms with Crippen molar-refractivity contribution in [3.63, 3.8) is 0 Å². The highest BCUT2D eigenvalue weighted by molar-refractivity contribution is 5.83. The van der Waals surface area contributed by atoms with Crippen molar-refractivity contribution in [2.45, 2.75) is 32.4 Å². The molecule has 2 aromatic rings. The maximum absolute atomic E-state index is 13.8. The van der Waals surface area contributed by atoms with Crippen LogP contribution in [0.2, 0.25) is 0 Å². The van der Waals surface area contributed by atoms with E-state index in [1.807, 2.05) is 18.2 Å². The number of carbonyl (C=O) groups is 1. The van der Waals surface area contributed by atoms with E-state index in [2.05, 4.69) is 23.2 Å². The summed E-state index contributed by atoms with van der Waals surface area (Å²) in [4.78, 5) is 14.4. The summed E-state index contributed by atoms with van der Waals surface area (Å²) in [7, 11) is 0. The van der Waals surface area contributed by atoms with Crippen molar-refractivity contribution in [2.24, 2.45) is 0 Å². The summed E-state index contributed by atoms with van der Waals surface area (Å²) >= 11 is 0. The molecule has 0 fully saturated rings. The number of benzene rings is 2. The second-order valence-corrected chi connectivity index (χ2v) is 6.26. The highest BCUT2D eigenvalue weighted by Gasteiger charge is 2.27. The van der Waals surface area contributed by atoms with Gasteiger partial charge >= 0.3 is 0 Å². The molecule has 1 amide bonds. The lowest BCUT2D eigenvalue weighted by atomic mass is 10.1. The van der Waals surface area contributed by atoms with Gasteiger partial charge < -0.3 is 10.2 Å². The normalized spacial score (nSPS) is 17.5. The van der Waals surface area contributed by atoms with E-state index in [0.29, 0.717) is 0 Å². The highest BCUT2D eigenvalue weighted by atomic mass is 19.1. The van der Waals surface area contributed by atoms with Crippen molar-refractivity contribution in [3.05, 3.63) is 65.2 Å². The SMILES string of the molecule is CC(NC(=O)CN1c2ccccc2CC1C)c1ccc(F)cc1F. The average molecular weight is 330 g/mol. The molecule has 5 heteroatoms. The Kier molecular flexibility index (Phi) is 4.51. The Labute approximate surface area is 140 Å². The van der Waals surface area contributed by atoms with Crippen LogP contribution in [-0.2, 0) is 11.2 Å². The molecule has 0 aromatic heterocycles. The first-order chi connectivity index (χ1) is 11.5. The molecule has 2 unspecified atom stereocenters. The summed E-state index contributed by atoms with van der Waals surface area (Å²) < 4.78 is 26.8. The van der Waals surface area contributed by atoms with E-state index >= 15 is 0 Å². The van der Waals surface area contributed by atoms with Crippen LogP contribution in [-0.4, -0.2) is 18.5 Å². The average Bonchev–Trinajstić information content (AvgIpc) is 2.83. The summed E-state index contributed by atoms with van der Waals surface area (Å²) in [6.07, 6.45) is 0.908. The lowest BCUT2D eigenvalue weighted by molar-refractivity contribution is -0.120. The lowest BCUT2D eigenvalue weighted by Gasteiger charge is -2.25. The van der Waals surface area contributed by atoms with Crippen LogP contribution in [0.3, 0.4) is 0 Å². The van der Waals surface area contributed by atoms with Crippen LogP contribution in [0, 0.1) is 11.6 Å². The minimum absolute atomic E-state index is 0.185. The van der Waals surface area contributed by atoms with E-state index in [0.717, 1.165) is 18.2 Å². The van der Waals surface area contributed by atoms with E-state index in [1.54, 1.807) is 6.92 Å². The third kappa shape index (κ3) is 3.25. The number of halogens is 2. The van der Waals surface area contributed by atoms with Gasteiger partial charge in [-0.3, -0.25) is 4.79 Å². The van der Waals surface area contributed by atoms with Crippen molar-refractivity contribution < 1.29 is 13.6 Å². The molecule has 1 aliphatic rings. The molecule has 0 radical (unpaired) electrons. The molecule has 0 saturated carbocycles. The van der Waals surface area contributed by atoms with Gasteiger partial charge in [-0.25, -0.2) is 8.78 Å². The van der Waals surface area contributed by atoms with Crippen LogP contribution in [0.5, 0.6) is 0 Å². The zero-order valence-corrected chi connectivity index (χ0v) is 13.7. The molecule has 3 rings (SSSR count). The molecule has 3 nitrogen and oxygen atoms in total. The maximum Gasteiger partial charge on any atom is 0.240 e. The van der Waals surface area contributed by atoms with Crippen molar-refractivity contribution in [2.75, 3.05) is 11.4 Å². The molecule has 1 N–H and O–H groups in total. The molecule has 24 heavy (non-hydrogen) atoms. The fourth-order valence-electron chi connectivity index (χ4n) is 3.24. The van der Waals surface area contributed by atoms with Gasteiger partial charge in [0.1, 0.15) is 11.6 Å². The topological polar surface area (TPSA) is 32.3 Å². The van der Waals surface area contributed by atoms with Gasteiger partial charge in [0.25, 0.3) is 0 Å². The number of amides is 1. The number of hydrogen-bond acceptors (Lipinski definition) is 2. The third-order valence-electron chi connectivity index (χ3n) is 4.47. The molecule has 0 aliphatic carbocycles. The van der Waals surface area contributed by atoms with Crippen LogP contribution in [0.15, 0.2) is 42.5 Å². The van der Waals surface area contributed by atoms with Crippen LogP contribution in [0.1, 0.15) is 31.0 Å². The zero-order valence-electron chi connectivity index (χ0n) is 13.7. The largest absolute Gasteiger partial charge is 0.359 e. The van der Waals surface area contributed by atoms with Crippen LogP contribution in [0.25, 0.3) is 0 Å². The number of rotatable bonds is 4. The molecule has 1 heterocycles. The second-order valence-electron chi connectivity index (χ2n) is 6.26.